The molecule has 0 aromatic rings. The van der Waals surface area contributed by atoms with E-state index in [-0.39, 0.29) is 11.8 Å². The van der Waals surface area contributed by atoms with Crippen LogP contribution in [0.3, 0.4) is 0 Å². The second-order valence-electron chi connectivity index (χ2n) is 14.9. The normalized spacial score (nSPS) is 13.1. The van der Waals surface area contributed by atoms with Gasteiger partial charge in [-0.2, -0.15) is 0 Å². The summed E-state index contributed by atoms with van der Waals surface area (Å²) in [6.45, 7) is 24.5. The van der Waals surface area contributed by atoms with Crippen molar-refractivity contribution < 1.29 is 33.4 Å². The molecule has 0 aliphatic rings. The maximum atomic E-state index is 12.8. The van der Waals surface area contributed by atoms with Gasteiger partial charge in [0.15, 0.2) is 2.14 Å². The maximum Gasteiger partial charge on any atom is 0.259 e. The number of carbonyl (C=O) groups is 4. The Labute approximate surface area is 414 Å². The summed E-state index contributed by atoms with van der Waals surface area (Å²) < 4.78 is 15.5. The van der Waals surface area contributed by atoms with Gasteiger partial charge in [-0.1, -0.05) is 67.9 Å². The number of alkyl halides is 9. The molecule has 0 bridgehead atoms. The highest BCUT2D eigenvalue weighted by atomic mass is 80.0. The lowest BCUT2D eigenvalue weighted by Gasteiger charge is -2.34. The molecule has 13 nitrogen and oxygen atoms in total. The summed E-state index contributed by atoms with van der Waals surface area (Å²) in [5.74, 6) is -1.56. The second-order valence-corrected chi connectivity index (χ2v) is 35.2. The number of allylic oxidation sites excluding steroid dienone is 1. The van der Waals surface area contributed by atoms with E-state index in [1.807, 2.05) is 13.8 Å². The van der Waals surface area contributed by atoms with Gasteiger partial charge in [0, 0.05) is 56.3 Å². The third-order valence-corrected chi connectivity index (χ3v) is 11.9. The van der Waals surface area contributed by atoms with E-state index >= 15 is 0 Å². The third-order valence-electron chi connectivity index (χ3n) is 8.34. The molecular weight excluding hydrogens is 1340 g/mol. The van der Waals surface area contributed by atoms with Gasteiger partial charge in [-0.25, -0.2) is 0 Å². The number of carbonyl (C=O) groups excluding carboxylic acids is 4. The Kier molecular flexibility index (Phi) is 26.6. The van der Waals surface area contributed by atoms with Crippen LogP contribution in [0.1, 0.15) is 74.1 Å². The predicted octanol–water partition coefficient (Wildman–Crippen LogP) is 8.13. The molecule has 0 radical (unpaired) electrons. The molecule has 0 aliphatic carbocycles. The van der Waals surface area contributed by atoms with Gasteiger partial charge in [-0.3, -0.25) is 19.2 Å². The van der Waals surface area contributed by atoms with Crippen LogP contribution in [0.5, 0.6) is 0 Å². The van der Waals surface area contributed by atoms with Gasteiger partial charge >= 0.3 is 0 Å². The fourth-order valence-electron chi connectivity index (χ4n) is 4.47. The van der Waals surface area contributed by atoms with Crippen molar-refractivity contribution in [2.75, 3.05) is 59.3 Å². The topological polar surface area (TPSA) is 168 Å². The van der Waals surface area contributed by atoms with Gasteiger partial charge in [-0.05, 0) is 163 Å². The SMILES string of the molecule is C=C(NC(C)(C)C(=C)NCCCOCC(CC)(COCCCNC(=O)C(C)(C)NC(=O)C(Br)(Br)Br)COCCCNC(=O)C(C)(C)NC(=O)C(Br)(Br)Br)C(Br)(Br)Br. The third kappa shape index (κ3) is 24.0. The molecule has 0 fully saturated rings. The van der Waals surface area contributed by atoms with E-state index in [0.717, 1.165) is 12.1 Å². The monoisotopic (exact) mass is 1380 g/mol. The Balaban J connectivity index is 5.21. The van der Waals surface area contributed by atoms with Gasteiger partial charge in [0.2, 0.25) is 16.1 Å². The smallest absolute Gasteiger partial charge is 0.259 e. The highest BCUT2D eigenvalue weighted by Crippen LogP contribution is 2.40. The predicted molar refractivity (Wildman–Crippen MR) is 262 cm³/mol. The Morgan fingerprint density at radius 2 is 0.807 bits per heavy atom. The first-order valence-corrected chi connectivity index (χ1v) is 25.0. The molecule has 0 unspecified atom stereocenters. The van der Waals surface area contributed by atoms with E-state index < -0.39 is 40.3 Å². The van der Waals surface area contributed by atoms with Crippen LogP contribution in [0, 0.1) is 5.41 Å². The van der Waals surface area contributed by atoms with Crippen molar-refractivity contribution in [1.82, 2.24) is 31.9 Å². The lowest BCUT2D eigenvalue weighted by Crippen LogP contribution is -2.57. The number of nitrogens with one attached hydrogen (secondary N) is 6. The Morgan fingerprint density at radius 1 is 0.474 bits per heavy atom. The maximum absolute atomic E-state index is 12.8. The Hall–Kier alpha value is 1.16. The lowest BCUT2D eigenvalue weighted by molar-refractivity contribution is -0.131. The number of halogens is 9. The zero-order valence-electron chi connectivity index (χ0n) is 33.4. The lowest BCUT2D eigenvalue weighted by atomic mass is 9.88. The molecule has 57 heavy (non-hydrogen) atoms. The van der Waals surface area contributed by atoms with E-state index in [2.05, 4.69) is 195 Å². The molecule has 0 atom stereocenters. The minimum Gasteiger partial charge on any atom is -0.387 e. The van der Waals surface area contributed by atoms with Gasteiger partial charge in [0.25, 0.3) is 11.8 Å². The average molecular weight is 1390 g/mol. The molecule has 0 aromatic carbocycles. The van der Waals surface area contributed by atoms with Gasteiger partial charge in [0.1, 0.15) is 11.1 Å². The molecule has 0 rings (SSSR count). The average Bonchev–Trinajstić information content (AvgIpc) is 3.06. The second kappa shape index (κ2) is 26.1. The number of rotatable bonds is 27. The number of hydrogen-bond acceptors (Lipinski definition) is 9. The van der Waals surface area contributed by atoms with E-state index in [1.165, 1.54) is 0 Å². The summed E-state index contributed by atoms with van der Waals surface area (Å²) in [6.07, 6.45) is 2.53. The summed E-state index contributed by atoms with van der Waals surface area (Å²) in [7, 11) is 0. The first-order valence-electron chi connectivity index (χ1n) is 17.9. The number of ether oxygens (including phenoxy) is 3. The minimum atomic E-state index is -1.17. The van der Waals surface area contributed by atoms with E-state index in [9.17, 15) is 19.2 Å². The summed E-state index contributed by atoms with van der Waals surface area (Å²) in [6, 6.07) is 0. The standard InChI is InChI=1S/C35H57Br9N6O7/c1-10-32(20-55-17-11-14-45-23(2)29(4,5)48-24(3)33(36,37)38,21-56-18-12-15-46-25(51)30(6,7)49-27(53)34(39,40)41)22-57-19-13-16-47-26(52)31(8,9)50-28(54)35(42,43)44/h45,48H,2-3,10-22H2,1,4-9H3,(H,46,51)(H,47,52)(H,49,53)(H,50,54). The van der Waals surface area contributed by atoms with Crippen molar-refractivity contribution in [2.45, 2.75) is 97.2 Å². The van der Waals surface area contributed by atoms with Crippen LogP contribution < -0.4 is 31.9 Å². The molecule has 6 N–H and O–H groups in total. The van der Waals surface area contributed by atoms with Crippen molar-refractivity contribution in [3.05, 3.63) is 24.6 Å². The van der Waals surface area contributed by atoms with Gasteiger partial charge in [-0.15, -0.1) is 0 Å². The molecular formula is C35H57Br9N6O7. The van der Waals surface area contributed by atoms with Crippen molar-refractivity contribution in [3.63, 3.8) is 0 Å². The number of hydrogen-bond donors (Lipinski definition) is 6. The minimum absolute atomic E-state index is 0.331. The van der Waals surface area contributed by atoms with Crippen LogP contribution in [0.15, 0.2) is 24.6 Å². The quantitative estimate of drug-likeness (QED) is 0.0352. The molecule has 0 aliphatic heterocycles. The largest absolute Gasteiger partial charge is 0.387 e. The molecule has 0 aromatic heterocycles. The molecule has 0 spiro atoms. The van der Waals surface area contributed by atoms with Crippen LogP contribution >= 0.6 is 143 Å². The Morgan fingerprint density at radius 3 is 1.11 bits per heavy atom. The summed E-state index contributed by atoms with van der Waals surface area (Å²) in [5.41, 5.74) is -1.73. The van der Waals surface area contributed by atoms with Crippen molar-refractivity contribution >= 4 is 167 Å². The highest BCUT2D eigenvalue weighted by Gasteiger charge is 2.38. The van der Waals surface area contributed by atoms with Crippen LogP contribution in [0.4, 0.5) is 0 Å². The summed E-state index contributed by atoms with van der Waals surface area (Å²) in [5, 5.41) is 17.8. The Bertz CT molecular complexity index is 1200. The zero-order valence-corrected chi connectivity index (χ0v) is 47.6. The molecule has 0 saturated heterocycles. The molecule has 4 amide bonds. The first-order chi connectivity index (χ1) is 25.8. The molecule has 0 saturated carbocycles. The molecule has 0 heterocycles. The summed E-state index contributed by atoms with van der Waals surface area (Å²) >= 11 is 29.4. The van der Waals surface area contributed by atoms with Crippen LogP contribution in [0.25, 0.3) is 0 Å². The molecule has 22 heteroatoms. The number of amides is 4. The van der Waals surface area contributed by atoms with Crippen molar-refractivity contribution in [1.29, 1.82) is 0 Å². The van der Waals surface area contributed by atoms with E-state index in [0.29, 0.717) is 84.2 Å². The summed E-state index contributed by atoms with van der Waals surface area (Å²) in [4.78, 5) is 50.1. The van der Waals surface area contributed by atoms with Crippen molar-refractivity contribution in [2.24, 2.45) is 5.41 Å². The van der Waals surface area contributed by atoms with Crippen molar-refractivity contribution in [3.8, 4) is 0 Å². The van der Waals surface area contributed by atoms with Crippen LogP contribution in [-0.4, -0.2) is 106 Å². The van der Waals surface area contributed by atoms with Gasteiger partial charge in [0.05, 0.1) is 25.4 Å². The van der Waals surface area contributed by atoms with E-state index in [4.69, 9.17) is 14.2 Å². The zero-order chi connectivity index (χ0) is 44.5. The fourth-order valence-corrected chi connectivity index (χ4v) is 5.36. The first kappa shape index (κ1) is 58.2. The van der Waals surface area contributed by atoms with Crippen LogP contribution in [0.2, 0.25) is 0 Å². The molecule has 332 valence electrons. The van der Waals surface area contributed by atoms with E-state index in [1.54, 1.807) is 27.7 Å². The highest BCUT2D eigenvalue weighted by molar-refractivity contribution is 9.40. The van der Waals surface area contributed by atoms with Crippen LogP contribution in [-0.2, 0) is 33.4 Å². The van der Waals surface area contributed by atoms with Gasteiger partial charge < -0.3 is 46.1 Å². The fraction of sp³-hybridized carbons (Fsp3) is 0.771.